The Labute approximate surface area is 273 Å². The number of nitrogens with zero attached hydrogens (tertiary/aromatic N) is 2. The maximum atomic E-state index is 12.7. The fraction of sp³-hybridized carbons (Fsp3) is 0.0909. The number of rotatable bonds is 11. The van der Waals surface area contributed by atoms with Gasteiger partial charge in [-0.3, -0.25) is 9.59 Å². The fourth-order valence-corrected chi connectivity index (χ4v) is 5.29. The third-order valence-electron chi connectivity index (χ3n) is 6.32. The van der Waals surface area contributed by atoms with Gasteiger partial charge in [0, 0.05) is 32.9 Å². The molecule has 0 saturated carbocycles. The van der Waals surface area contributed by atoms with E-state index in [9.17, 15) is 9.59 Å². The summed E-state index contributed by atoms with van der Waals surface area (Å²) in [4.78, 5) is 29.7. The standard InChI is InChI=1S/C33H27Cl2N5O4S/c1-20-4-3-5-26(14-20)37-30(41)18-44-31-27(35)15-21(16-29(31)43-2)17-36-40-32(42)23-8-6-22(7-9-23)28-19-45-33(39-28)38-25-12-10-24(34)11-13-25/h3-17,19H,18H2,1-2H3,(H,37,41)(H,38,39)(H,40,42)/b36-17-. The van der Waals surface area contributed by atoms with E-state index in [0.29, 0.717) is 27.6 Å². The lowest BCUT2D eigenvalue weighted by Crippen LogP contribution is -2.20. The van der Waals surface area contributed by atoms with Crippen LogP contribution in [0, 0.1) is 6.92 Å². The minimum atomic E-state index is -0.390. The number of hydrogen-bond acceptors (Lipinski definition) is 8. The van der Waals surface area contributed by atoms with Crippen LogP contribution < -0.4 is 25.5 Å². The Kier molecular flexibility index (Phi) is 10.3. The molecule has 0 spiro atoms. The maximum absolute atomic E-state index is 12.7. The van der Waals surface area contributed by atoms with Crippen LogP contribution in [-0.2, 0) is 4.79 Å². The number of ether oxygens (including phenoxy) is 2. The molecule has 0 atom stereocenters. The van der Waals surface area contributed by atoms with Crippen molar-refractivity contribution in [2.45, 2.75) is 6.92 Å². The molecule has 0 saturated heterocycles. The summed E-state index contributed by atoms with van der Waals surface area (Å²) >= 11 is 13.9. The Hall–Kier alpha value is -4.90. The number of benzene rings is 4. The molecule has 0 aliphatic heterocycles. The average molecular weight is 661 g/mol. The van der Waals surface area contributed by atoms with E-state index in [4.69, 9.17) is 32.7 Å². The van der Waals surface area contributed by atoms with E-state index in [1.807, 2.05) is 66.9 Å². The molecule has 1 aromatic heterocycles. The van der Waals surface area contributed by atoms with Crippen LogP contribution in [0.4, 0.5) is 16.5 Å². The fourth-order valence-electron chi connectivity index (χ4n) is 4.15. The zero-order valence-electron chi connectivity index (χ0n) is 24.1. The van der Waals surface area contributed by atoms with Crippen LogP contribution in [0.25, 0.3) is 11.3 Å². The van der Waals surface area contributed by atoms with E-state index < -0.39 is 0 Å². The van der Waals surface area contributed by atoms with Gasteiger partial charge in [0.05, 0.1) is 24.0 Å². The van der Waals surface area contributed by atoms with Crippen LogP contribution in [0.3, 0.4) is 0 Å². The first-order chi connectivity index (χ1) is 21.8. The topological polar surface area (TPSA) is 114 Å². The minimum Gasteiger partial charge on any atom is -0.493 e. The summed E-state index contributed by atoms with van der Waals surface area (Å²) in [6, 6.07) is 25.1. The predicted octanol–water partition coefficient (Wildman–Crippen LogP) is 7.96. The number of carbonyl (C=O) groups is 2. The lowest BCUT2D eigenvalue weighted by molar-refractivity contribution is -0.118. The van der Waals surface area contributed by atoms with Gasteiger partial charge in [-0.15, -0.1) is 11.3 Å². The molecule has 9 nitrogen and oxygen atoms in total. The second-order valence-corrected chi connectivity index (χ2v) is 11.4. The van der Waals surface area contributed by atoms with Gasteiger partial charge in [-0.1, -0.05) is 47.5 Å². The summed E-state index contributed by atoms with van der Waals surface area (Å²) in [5.41, 5.74) is 7.72. The Balaban J connectivity index is 1.15. The van der Waals surface area contributed by atoms with Gasteiger partial charge in [-0.05, 0) is 78.7 Å². The number of hydrogen-bond donors (Lipinski definition) is 3. The highest BCUT2D eigenvalue weighted by Gasteiger charge is 2.14. The SMILES string of the molecule is COc1cc(/C=N\NC(=O)c2ccc(-c3csc(Nc4ccc(Cl)cc4)n3)cc2)cc(Cl)c1OCC(=O)Nc1cccc(C)c1. The van der Waals surface area contributed by atoms with Gasteiger partial charge in [-0.2, -0.15) is 5.10 Å². The second kappa shape index (κ2) is 14.7. The average Bonchev–Trinajstić information content (AvgIpc) is 3.50. The van der Waals surface area contributed by atoms with Crippen molar-refractivity contribution in [2.75, 3.05) is 24.4 Å². The number of methoxy groups -OCH3 is 1. The molecule has 1 heterocycles. The molecule has 4 aromatic carbocycles. The number of aromatic nitrogens is 1. The lowest BCUT2D eigenvalue weighted by Gasteiger charge is -2.13. The minimum absolute atomic E-state index is 0.216. The van der Waals surface area contributed by atoms with Crippen LogP contribution in [0.15, 0.2) is 95.4 Å². The van der Waals surface area contributed by atoms with Crippen molar-refractivity contribution in [3.8, 4) is 22.8 Å². The zero-order valence-corrected chi connectivity index (χ0v) is 26.5. The van der Waals surface area contributed by atoms with Gasteiger partial charge in [-0.25, -0.2) is 10.4 Å². The molecule has 228 valence electrons. The van der Waals surface area contributed by atoms with Crippen molar-refractivity contribution >= 4 is 69.1 Å². The number of amides is 2. The number of carbonyl (C=O) groups excluding carboxylic acids is 2. The molecule has 3 N–H and O–H groups in total. The Morgan fingerprint density at radius 2 is 1.76 bits per heavy atom. The molecule has 0 aliphatic carbocycles. The molecule has 5 rings (SSSR count). The molecule has 12 heteroatoms. The van der Waals surface area contributed by atoms with Gasteiger partial charge in [0.15, 0.2) is 23.2 Å². The first-order valence-corrected chi connectivity index (χ1v) is 15.2. The smallest absolute Gasteiger partial charge is 0.271 e. The largest absolute Gasteiger partial charge is 0.493 e. The van der Waals surface area contributed by atoms with Gasteiger partial charge in [0.25, 0.3) is 11.8 Å². The van der Waals surface area contributed by atoms with Crippen LogP contribution in [0.5, 0.6) is 11.5 Å². The molecule has 0 bridgehead atoms. The molecular weight excluding hydrogens is 633 g/mol. The highest BCUT2D eigenvalue weighted by Crippen LogP contribution is 2.36. The summed E-state index contributed by atoms with van der Waals surface area (Å²) in [6.45, 7) is 1.67. The van der Waals surface area contributed by atoms with E-state index in [1.54, 1.807) is 30.3 Å². The monoisotopic (exact) mass is 659 g/mol. The number of halogens is 2. The highest BCUT2D eigenvalue weighted by molar-refractivity contribution is 7.14. The number of anilines is 3. The molecule has 0 unspecified atom stereocenters. The molecule has 45 heavy (non-hydrogen) atoms. The first-order valence-electron chi connectivity index (χ1n) is 13.6. The number of aryl methyl sites for hydroxylation is 1. The Bertz CT molecular complexity index is 1840. The maximum Gasteiger partial charge on any atom is 0.271 e. The van der Waals surface area contributed by atoms with Crippen molar-refractivity contribution in [2.24, 2.45) is 5.10 Å². The first kappa shape index (κ1) is 31.5. The normalized spacial score (nSPS) is 10.8. The Morgan fingerprint density at radius 1 is 0.978 bits per heavy atom. The van der Waals surface area contributed by atoms with Crippen molar-refractivity contribution in [3.05, 3.63) is 117 Å². The predicted molar refractivity (Wildman–Crippen MR) is 181 cm³/mol. The zero-order chi connectivity index (χ0) is 31.8. The number of thiazole rings is 1. The van der Waals surface area contributed by atoms with Gasteiger partial charge in [0.2, 0.25) is 0 Å². The number of nitrogens with one attached hydrogen (secondary N) is 3. The van der Waals surface area contributed by atoms with E-state index in [-0.39, 0.29) is 29.2 Å². The van der Waals surface area contributed by atoms with Crippen LogP contribution >= 0.6 is 34.5 Å². The van der Waals surface area contributed by atoms with E-state index in [0.717, 1.165) is 27.6 Å². The van der Waals surface area contributed by atoms with Gasteiger partial charge < -0.3 is 20.1 Å². The summed E-state index contributed by atoms with van der Waals surface area (Å²) < 4.78 is 11.1. The molecule has 0 radical (unpaired) electrons. The van der Waals surface area contributed by atoms with Crippen LogP contribution in [0.1, 0.15) is 21.5 Å². The van der Waals surface area contributed by atoms with Crippen LogP contribution in [0.2, 0.25) is 10.0 Å². The molecule has 0 fully saturated rings. The van der Waals surface area contributed by atoms with E-state index >= 15 is 0 Å². The van der Waals surface area contributed by atoms with Crippen molar-refractivity contribution in [1.82, 2.24) is 10.4 Å². The highest BCUT2D eigenvalue weighted by atomic mass is 35.5. The second-order valence-electron chi connectivity index (χ2n) is 9.69. The summed E-state index contributed by atoms with van der Waals surface area (Å²) in [6.07, 6.45) is 1.43. The van der Waals surface area contributed by atoms with Crippen molar-refractivity contribution in [3.63, 3.8) is 0 Å². The molecular formula is C33H27Cl2N5O4S. The van der Waals surface area contributed by atoms with E-state index in [2.05, 4.69) is 26.1 Å². The lowest BCUT2D eigenvalue weighted by atomic mass is 10.1. The molecule has 0 aliphatic rings. The summed E-state index contributed by atoms with van der Waals surface area (Å²) in [5, 5.41) is 13.6. The summed E-state index contributed by atoms with van der Waals surface area (Å²) in [5.74, 6) is -0.211. The third-order valence-corrected chi connectivity index (χ3v) is 7.61. The quantitative estimate of drug-likeness (QED) is 0.0979. The van der Waals surface area contributed by atoms with Gasteiger partial charge >= 0.3 is 0 Å². The van der Waals surface area contributed by atoms with Crippen molar-refractivity contribution < 1.29 is 19.1 Å². The van der Waals surface area contributed by atoms with Crippen molar-refractivity contribution in [1.29, 1.82) is 0 Å². The Morgan fingerprint density at radius 3 is 2.49 bits per heavy atom. The van der Waals surface area contributed by atoms with Gasteiger partial charge in [0.1, 0.15) is 0 Å². The van der Waals surface area contributed by atoms with E-state index in [1.165, 1.54) is 24.7 Å². The molecule has 2 amide bonds. The molecule has 5 aromatic rings. The summed E-state index contributed by atoms with van der Waals surface area (Å²) in [7, 11) is 1.46. The van der Waals surface area contributed by atoms with Crippen LogP contribution in [-0.4, -0.2) is 36.7 Å². The number of hydrazone groups is 1. The third kappa shape index (κ3) is 8.60.